The molecule has 0 unspecified atom stereocenters. The summed E-state index contributed by atoms with van der Waals surface area (Å²) in [5, 5.41) is 3.15. The second-order valence-electron chi connectivity index (χ2n) is 5.88. The van der Waals surface area contributed by atoms with Crippen LogP contribution in [-0.2, 0) is 6.54 Å². The van der Waals surface area contributed by atoms with E-state index in [2.05, 4.69) is 10.1 Å². The maximum Gasteiger partial charge on any atom is 0.461 e. The molecule has 0 bridgehead atoms. The van der Waals surface area contributed by atoms with Crippen LogP contribution in [0.4, 0.5) is 23.2 Å². The van der Waals surface area contributed by atoms with Crippen LogP contribution < -0.4 is 14.8 Å². The summed E-state index contributed by atoms with van der Waals surface area (Å²) < 4.78 is 60.7. The quantitative estimate of drug-likeness (QED) is 0.455. The molecular weight excluding hydrogens is 374 g/mol. The zero-order chi connectivity index (χ0) is 20.0. The van der Waals surface area contributed by atoms with Gasteiger partial charge < -0.3 is 14.8 Å². The van der Waals surface area contributed by atoms with Crippen molar-refractivity contribution in [2.75, 3.05) is 5.32 Å². The largest absolute Gasteiger partial charge is 0.461 e. The van der Waals surface area contributed by atoms with Gasteiger partial charge in [0.25, 0.3) is 0 Å². The standard InChI is InChI=1S/C21H17F4NO2/c22-20(23)21(24,25)28-17-10-6-7-15(13-17)14-26-18-11-4-5-12-19(18)27-16-8-2-1-3-9-16/h1-13,20,26H,14H2. The fourth-order valence-electron chi connectivity index (χ4n) is 2.44. The molecule has 3 aromatic rings. The average Bonchev–Trinajstić information content (AvgIpc) is 2.68. The van der Waals surface area contributed by atoms with Crippen LogP contribution in [0.2, 0.25) is 0 Å². The molecule has 0 aromatic heterocycles. The number of benzene rings is 3. The summed E-state index contributed by atoms with van der Waals surface area (Å²) in [6.07, 6.45) is -8.45. The van der Waals surface area contributed by atoms with Gasteiger partial charge in [0.1, 0.15) is 11.5 Å². The van der Waals surface area contributed by atoms with Crippen LogP contribution in [0.3, 0.4) is 0 Å². The highest BCUT2D eigenvalue weighted by Crippen LogP contribution is 2.30. The molecule has 0 saturated heterocycles. The molecule has 3 nitrogen and oxygen atoms in total. The van der Waals surface area contributed by atoms with E-state index in [1.165, 1.54) is 18.2 Å². The number of anilines is 1. The summed E-state index contributed by atoms with van der Waals surface area (Å²) in [7, 11) is 0. The average molecular weight is 391 g/mol. The van der Waals surface area contributed by atoms with E-state index >= 15 is 0 Å². The minimum Gasteiger partial charge on any atom is -0.455 e. The molecule has 1 N–H and O–H groups in total. The first kappa shape index (κ1) is 19.5. The highest BCUT2D eigenvalue weighted by atomic mass is 19.3. The Morgan fingerprint density at radius 2 is 1.50 bits per heavy atom. The van der Waals surface area contributed by atoms with Crippen molar-refractivity contribution < 1.29 is 27.0 Å². The Hall–Kier alpha value is -3.22. The lowest BCUT2D eigenvalue weighted by Gasteiger charge is -2.17. The molecule has 0 aliphatic carbocycles. The van der Waals surface area contributed by atoms with Crippen molar-refractivity contribution in [3.8, 4) is 17.2 Å². The Morgan fingerprint density at radius 1 is 0.821 bits per heavy atom. The van der Waals surface area contributed by atoms with Crippen molar-refractivity contribution in [2.45, 2.75) is 19.1 Å². The SMILES string of the molecule is FC(F)C(F)(F)Oc1cccc(CNc2ccccc2Oc2ccccc2)c1. The third-order valence-electron chi connectivity index (χ3n) is 3.75. The van der Waals surface area contributed by atoms with E-state index in [1.54, 1.807) is 12.1 Å². The maximum absolute atomic E-state index is 13.1. The summed E-state index contributed by atoms with van der Waals surface area (Å²) in [6, 6.07) is 22.1. The smallest absolute Gasteiger partial charge is 0.455 e. The number of hydrogen-bond acceptors (Lipinski definition) is 3. The number of nitrogens with one attached hydrogen (secondary N) is 1. The topological polar surface area (TPSA) is 30.5 Å². The number of para-hydroxylation sites is 3. The molecule has 3 rings (SSSR count). The van der Waals surface area contributed by atoms with Gasteiger partial charge in [-0.2, -0.15) is 17.6 Å². The number of ether oxygens (including phenoxy) is 2. The number of halogens is 4. The second-order valence-corrected chi connectivity index (χ2v) is 5.88. The predicted molar refractivity (Wildman–Crippen MR) is 98.3 cm³/mol. The number of alkyl halides is 4. The maximum atomic E-state index is 13.1. The van der Waals surface area contributed by atoms with Gasteiger partial charge in [-0.15, -0.1) is 0 Å². The van der Waals surface area contributed by atoms with Crippen LogP contribution >= 0.6 is 0 Å². The molecule has 0 aliphatic heterocycles. The number of hydrogen-bond donors (Lipinski definition) is 1. The van der Waals surface area contributed by atoms with Gasteiger partial charge in [-0.3, -0.25) is 0 Å². The third kappa shape index (κ3) is 5.16. The van der Waals surface area contributed by atoms with Crippen LogP contribution in [0, 0.1) is 0 Å². The van der Waals surface area contributed by atoms with Crippen molar-refractivity contribution in [1.82, 2.24) is 0 Å². The van der Waals surface area contributed by atoms with Crippen molar-refractivity contribution in [1.29, 1.82) is 0 Å². The summed E-state index contributed by atoms with van der Waals surface area (Å²) in [5.41, 5.74) is 1.27. The summed E-state index contributed by atoms with van der Waals surface area (Å²) >= 11 is 0. The summed E-state index contributed by atoms with van der Waals surface area (Å²) in [6.45, 7) is 0.257. The Kier molecular flexibility index (Phi) is 6.03. The van der Waals surface area contributed by atoms with Gasteiger partial charge in [0.05, 0.1) is 5.69 Å². The Labute approximate surface area is 159 Å². The van der Waals surface area contributed by atoms with Crippen LogP contribution in [0.1, 0.15) is 5.56 Å². The Balaban J connectivity index is 1.69. The van der Waals surface area contributed by atoms with Crippen molar-refractivity contribution in [3.63, 3.8) is 0 Å². The van der Waals surface area contributed by atoms with Crippen LogP contribution in [0.5, 0.6) is 17.2 Å². The van der Waals surface area contributed by atoms with Crippen LogP contribution in [0.15, 0.2) is 78.9 Å². The van der Waals surface area contributed by atoms with Crippen LogP contribution in [-0.4, -0.2) is 12.5 Å². The van der Waals surface area contributed by atoms with Gasteiger partial charge in [-0.05, 0) is 42.0 Å². The van der Waals surface area contributed by atoms with E-state index in [1.807, 2.05) is 48.5 Å². The molecule has 3 aromatic carbocycles. The fraction of sp³-hybridized carbons (Fsp3) is 0.143. The Morgan fingerprint density at radius 3 is 2.25 bits per heavy atom. The summed E-state index contributed by atoms with van der Waals surface area (Å²) in [4.78, 5) is 0. The monoisotopic (exact) mass is 391 g/mol. The van der Waals surface area contributed by atoms with Gasteiger partial charge >= 0.3 is 12.5 Å². The minimum absolute atomic E-state index is 0.257. The molecule has 0 radical (unpaired) electrons. The van der Waals surface area contributed by atoms with E-state index in [0.717, 1.165) is 0 Å². The predicted octanol–water partition coefficient (Wildman–Crippen LogP) is 6.33. The first-order chi connectivity index (χ1) is 13.4. The molecule has 28 heavy (non-hydrogen) atoms. The number of rotatable bonds is 8. The highest BCUT2D eigenvalue weighted by molar-refractivity contribution is 5.57. The zero-order valence-electron chi connectivity index (χ0n) is 14.6. The third-order valence-corrected chi connectivity index (χ3v) is 3.75. The van der Waals surface area contributed by atoms with Crippen molar-refractivity contribution >= 4 is 5.69 Å². The van der Waals surface area contributed by atoms with E-state index in [4.69, 9.17) is 4.74 Å². The molecule has 7 heteroatoms. The van der Waals surface area contributed by atoms with E-state index in [0.29, 0.717) is 22.7 Å². The van der Waals surface area contributed by atoms with Gasteiger partial charge in [-0.25, -0.2) is 0 Å². The lowest BCUT2D eigenvalue weighted by Crippen LogP contribution is -2.33. The fourth-order valence-corrected chi connectivity index (χ4v) is 2.44. The van der Waals surface area contributed by atoms with Gasteiger partial charge in [0.2, 0.25) is 0 Å². The first-order valence-corrected chi connectivity index (χ1v) is 8.44. The molecule has 0 spiro atoms. The van der Waals surface area contributed by atoms with Gasteiger partial charge in [0.15, 0.2) is 5.75 Å². The van der Waals surface area contributed by atoms with Crippen molar-refractivity contribution in [3.05, 3.63) is 84.4 Å². The van der Waals surface area contributed by atoms with E-state index in [9.17, 15) is 17.6 Å². The van der Waals surface area contributed by atoms with E-state index in [-0.39, 0.29) is 12.3 Å². The van der Waals surface area contributed by atoms with Crippen LogP contribution in [0.25, 0.3) is 0 Å². The molecule has 0 aliphatic rings. The molecular formula is C21H17F4NO2. The Bertz CT molecular complexity index is 904. The van der Waals surface area contributed by atoms with E-state index < -0.39 is 12.5 Å². The van der Waals surface area contributed by atoms with Gasteiger partial charge in [-0.1, -0.05) is 42.5 Å². The lowest BCUT2D eigenvalue weighted by atomic mass is 10.2. The molecule has 0 atom stereocenters. The lowest BCUT2D eigenvalue weighted by molar-refractivity contribution is -0.253. The molecule has 0 fully saturated rings. The molecule has 0 saturated carbocycles. The second kappa shape index (κ2) is 8.65. The highest BCUT2D eigenvalue weighted by Gasteiger charge is 2.43. The molecule has 0 amide bonds. The van der Waals surface area contributed by atoms with Crippen molar-refractivity contribution in [2.24, 2.45) is 0 Å². The summed E-state index contributed by atoms with van der Waals surface area (Å²) in [5.74, 6) is 0.921. The minimum atomic E-state index is -4.54. The molecule has 0 heterocycles. The molecule has 146 valence electrons. The van der Waals surface area contributed by atoms with Gasteiger partial charge in [0, 0.05) is 6.54 Å². The first-order valence-electron chi connectivity index (χ1n) is 8.44. The zero-order valence-corrected chi connectivity index (χ0v) is 14.6. The normalized spacial score (nSPS) is 11.3.